The fourth-order valence-electron chi connectivity index (χ4n) is 5.12. The van der Waals surface area contributed by atoms with Crippen LogP contribution in [-0.4, -0.2) is 62.1 Å². The lowest BCUT2D eigenvalue weighted by Gasteiger charge is -2.34. The van der Waals surface area contributed by atoms with E-state index in [-0.39, 0.29) is 46.8 Å². The maximum Gasteiger partial charge on any atom is 0.416 e. The lowest BCUT2D eigenvalue weighted by atomic mass is 9.96. The molecule has 8 nitrogen and oxygen atoms in total. The molecule has 228 valence electrons. The van der Waals surface area contributed by atoms with E-state index in [0.29, 0.717) is 47.3 Å². The summed E-state index contributed by atoms with van der Waals surface area (Å²) in [5.74, 6) is -0.296. The van der Waals surface area contributed by atoms with Crippen LogP contribution in [0.3, 0.4) is 0 Å². The molecule has 2 aliphatic rings. The number of likely N-dealkylation sites (tertiary alicyclic amines) is 1. The molecule has 0 unspecified atom stereocenters. The summed E-state index contributed by atoms with van der Waals surface area (Å²) in [5, 5.41) is 4.60. The molecule has 2 aliphatic heterocycles. The van der Waals surface area contributed by atoms with Gasteiger partial charge in [-0.1, -0.05) is 23.7 Å². The Balaban J connectivity index is 1.25. The number of amides is 3. The van der Waals surface area contributed by atoms with Crippen LogP contribution in [0, 0.1) is 5.92 Å². The molecule has 13 heteroatoms. The fraction of sp³-hybridized carbons (Fsp3) is 0.400. The van der Waals surface area contributed by atoms with Gasteiger partial charge >= 0.3 is 12.3 Å². The summed E-state index contributed by atoms with van der Waals surface area (Å²) in [6.07, 6.45) is -0.434. The molecule has 0 saturated carbocycles. The molecule has 2 fully saturated rings. The molecule has 0 aliphatic carbocycles. The third kappa shape index (κ3) is 7.18. The number of thioether (sulfide) groups is 1. The minimum Gasteiger partial charge on any atom is -0.444 e. The number of imide groups is 1. The number of carbonyl (C=O) groups is 3. The second kappa shape index (κ2) is 11.9. The van der Waals surface area contributed by atoms with Crippen molar-refractivity contribution >= 4 is 57.6 Å². The number of hydrogen-bond acceptors (Lipinski definition) is 6. The molecule has 2 saturated heterocycles. The lowest BCUT2D eigenvalue weighted by Crippen LogP contribution is -2.44. The van der Waals surface area contributed by atoms with Crippen molar-refractivity contribution in [3.05, 3.63) is 69.2 Å². The van der Waals surface area contributed by atoms with Crippen LogP contribution in [0.15, 0.2) is 47.5 Å². The zero-order chi connectivity index (χ0) is 31.1. The number of halogens is 4. The van der Waals surface area contributed by atoms with Crippen molar-refractivity contribution in [1.82, 2.24) is 19.6 Å². The largest absolute Gasteiger partial charge is 0.444 e. The molecule has 0 atom stereocenters. The van der Waals surface area contributed by atoms with E-state index >= 15 is 0 Å². The Bertz CT molecular complexity index is 1610. The molecule has 5 rings (SSSR count). The number of nitrogens with zero attached hydrogens (tertiary/aromatic N) is 4. The van der Waals surface area contributed by atoms with E-state index in [4.69, 9.17) is 16.3 Å². The van der Waals surface area contributed by atoms with Gasteiger partial charge in [-0.2, -0.15) is 18.3 Å². The van der Waals surface area contributed by atoms with Crippen molar-refractivity contribution in [1.29, 1.82) is 0 Å². The molecule has 3 heterocycles. The van der Waals surface area contributed by atoms with E-state index in [0.717, 1.165) is 17.8 Å². The van der Waals surface area contributed by atoms with E-state index in [1.165, 1.54) is 21.7 Å². The van der Waals surface area contributed by atoms with E-state index < -0.39 is 17.3 Å². The van der Waals surface area contributed by atoms with Crippen molar-refractivity contribution in [3.63, 3.8) is 0 Å². The van der Waals surface area contributed by atoms with Gasteiger partial charge in [0.15, 0.2) is 0 Å². The molecule has 0 N–H and O–H groups in total. The number of alkyl halides is 3. The van der Waals surface area contributed by atoms with E-state index in [9.17, 15) is 27.6 Å². The molecule has 3 aromatic rings. The van der Waals surface area contributed by atoms with Crippen LogP contribution in [0.25, 0.3) is 17.0 Å². The Morgan fingerprint density at radius 3 is 2.51 bits per heavy atom. The highest BCUT2D eigenvalue weighted by Gasteiger charge is 2.38. The average molecular weight is 635 g/mol. The summed E-state index contributed by atoms with van der Waals surface area (Å²) in [7, 11) is 0. The Morgan fingerprint density at radius 1 is 1.12 bits per heavy atom. The van der Waals surface area contributed by atoms with Crippen LogP contribution in [0.5, 0.6) is 0 Å². The number of benzene rings is 2. The first-order chi connectivity index (χ1) is 20.2. The van der Waals surface area contributed by atoms with Crippen molar-refractivity contribution < 1.29 is 32.3 Å². The highest BCUT2D eigenvalue weighted by atomic mass is 35.5. The number of ether oxygens (including phenoxy) is 1. The smallest absolute Gasteiger partial charge is 0.416 e. The number of hydrogen-bond donors (Lipinski definition) is 0. The van der Waals surface area contributed by atoms with E-state index in [1.807, 2.05) is 20.8 Å². The Labute approximate surface area is 255 Å². The van der Waals surface area contributed by atoms with E-state index in [2.05, 4.69) is 5.10 Å². The van der Waals surface area contributed by atoms with Gasteiger partial charge < -0.3 is 9.64 Å². The van der Waals surface area contributed by atoms with Crippen LogP contribution in [0.1, 0.15) is 50.3 Å². The molecule has 1 aromatic heterocycles. The predicted octanol–water partition coefficient (Wildman–Crippen LogP) is 7.44. The van der Waals surface area contributed by atoms with Gasteiger partial charge in [0.05, 0.1) is 28.7 Å². The molecule has 0 radical (unpaired) electrons. The molecule has 43 heavy (non-hydrogen) atoms. The zero-order valence-electron chi connectivity index (χ0n) is 23.8. The van der Waals surface area contributed by atoms with Gasteiger partial charge in [-0.15, -0.1) is 0 Å². The second-order valence-electron chi connectivity index (χ2n) is 11.6. The van der Waals surface area contributed by atoms with Gasteiger partial charge in [0.25, 0.3) is 11.1 Å². The summed E-state index contributed by atoms with van der Waals surface area (Å²) >= 11 is 6.67. The Kier molecular flexibility index (Phi) is 8.54. The molecule has 3 amide bonds. The monoisotopic (exact) mass is 634 g/mol. The maximum atomic E-state index is 13.6. The normalized spacial score (nSPS) is 17.9. The van der Waals surface area contributed by atoms with Crippen LogP contribution in [0.2, 0.25) is 5.02 Å². The highest BCUT2D eigenvalue weighted by molar-refractivity contribution is 8.18. The minimum atomic E-state index is -4.56. The molecule has 2 aromatic carbocycles. The van der Waals surface area contributed by atoms with Crippen LogP contribution < -0.4 is 0 Å². The first-order valence-corrected chi connectivity index (χ1v) is 14.9. The first kappa shape index (κ1) is 30.9. The van der Waals surface area contributed by atoms with Crippen molar-refractivity contribution in [2.75, 3.05) is 19.6 Å². The molecular weight excluding hydrogens is 605 g/mol. The van der Waals surface area contributed by atoms with Crippen molar-refractivity contribution in [2.45, 2.75) is 51.9 Å². The van der Waals surface area contributed by atoms with Crippen molar-refractivity contribution in [2.24, 2.45) is 5.92 Å². The summed E-state index contributed by atoms with van der Waals surface area (Å²) in [4.78, 5) is 41.4. The summed E-state index contributed by atoms with van der Waals surface area (Å²) in [5.41, 5.74) is -0.0813. The number of aromatic nitrogens is 2. The van der Waals surface area contributed by atoms with E-state index in [1.54, 1.807) is 35.4 Å². The average Bonchev–Trinajstić information content (AvgIpc) is 3.43. The standard InChI is InChI=1S/C30H30ClF3N4O4S/c1-29(2,3)42-27(40)36-10-8-18(9-11-36)16-37-26(39)25(43-28(37)41)13-19-4-7-24-21(12-19)15-35-38(24)17-20-5-6-22(31)14-23(20)30(32,33)34/h4-7,12-15,18H,8-11,16-17H2,1-3H3/b25-13-. The maximum absolute atomic E-state index is 13.6. The quantitative estimate of drug-likeness (QED) is 0.271. The molecule has 0 bridgehead atoms. The third-order valence-electron chi connectivity index (χ3n) is 7.24. The van der Waals surface area contributed by atoms with Crippen LogP contribution in [-0.2, 0) is 22.3 Å². The fourth-order valence-corrected chi connectivity index (χ4v) is 6.15. The summed E-state index contributed by atoms with van der Waals surface area (Å²) in [6, 6.07) is 8.88. The zero-order valence-corrected chi connectivity index (χ0v) is 25.4. The third-order valence-corrected chi connectivity index (χ3v) is 8.38. The number of carbonyl (C=O) groups excluding carboxylic acids is 3. The van der Waals surface area contributed by atoms with Gasteiger partial charge in [-0.25, -0.2) is 4.79 Å². The van der Waals surface area contributed by atoms with Gasteiger partial charge in [-0.3, -0.25) is 19.2 Å². The van der Waals surface area contributed by atoms with Gasteiger partial charge in [0.2, 0.25) is 0 Å². The number of rotatable bonds is 5. The van der Waals surface area contributed by atoms with Gasteiger partial charge in [0.1, 0.15) is 5.60 Å². The molecular formula is C30H30ClF3N4O4S. The Morgan fingerprint density at radius 2 is 1.84 bits per heavy atom. The number of fused-ring (bicyclic) bond motifs is 1. The first-order valence-electron chi connectivity index (χ1n) is 13.7. The lowest BCUT2D eigenvalue weighted by molar-refractivity contribution is -0.138. The summed E-state index contributed by atoms with van der Waals surface area (Å²) in [6.45, 7) is 6.61. The SMILES string of the molecule is CC(C)(C)OC(=O)N1CCC(CN2C(=O)S/C(=C\c3ccc4c(cnn4Cc4ccc(Cl)cc4C(F)(F)F)c3)C2=O)CC1. The van der Waals surface area contributed by atoms with Gasteiger partial charge in [-0.05, 0) is 92.8 Å². The van der Waals surface area contributed by atoms with Crippen LogP contribution >= 0.6 is 23.4 Å². The topological polar surface area (TPSA) is 84.7 Å². The summed E-state index contributed by atoms with van der Waals surface area (Å²) < 4.78 is 47.6. The number of piperidine rings is 1. The van der Waals surface area contributed by atoms with Crippen molar-refractivity contribution in [3.8, 4) is 0 Å². The van der Waals surface area contributed by atoms with Crippen LogP contribution in [0.4, 0.5) is 22.8 Å². The second-order valence-corrected chi connectivity index (χ2v) is 13.1. The minimum absolute atomic E-state index is 0.000892. The highest BCUT2D eigenvalue weighted by Crippen LogP contribution is 2.36. The predicted molar refractivity (Wildman–Crippen MR) is 158 cm³/mol. The Hall–Kier alpha value is -3.51. The molecule has 0 spiro atoms. The van der Waals surface area contributed by atoms with Gasteiger partial charge in [0, 0.05) is 30.0 Å².